The Morgan fingerprint density at radius 1 is 0.892 bits per heavy atom. The number of halogens is 3. The molecule has 3 aromatic rings. The highest BCUT2D eigenvalue weighted by atomic mass is 19.4. The number of carbonyl (C=O) groups is 1. The molecule has 0 radical (unpaired) electrons. The van der Waals surface area contributed by atoms with Crippen LogP contribution < -0.4 is 10.2 Å². The number of alkyl halides is 3. The normalized spacial score (nSPS) is 22.0. The van der Waals surface area contributed by atoms with Gasteiger partial charge in [0.2, 0.25) is 5.91 Å². The summed E-state index contributed by atoms with van der Waals surface area (Å²) in [5, 5.41) is 3.19. The Hall–Kier alpha value is -3.32. The molecule has 1 saturated carbocycles. The van der Waals surface area contributed by atoms with E-state index >= 15 is 0 Å². The summed E-state index contributed by atoms with van der Waals surface area (Å²) in [4.78, 5) is 17.8. The molecule has 1 heterocycles. The van der Waals surface area contributed by atoms with Gasteiger partial charge in [-0.3, -0.25) is 9.69 Å². The molecule has 1 N–H and O–H groups in total. The first-order chi connectivity index (χ1) is 17.9. The molecule has 1 aliphatic carbocycles. The molecule has 0 aromatic heterocycles. The molecular weight excluding hydrogens is 475 g/mol. The molecule has 2 atom stereocenters. The topological polar surface area (TPSA) is 35.6 Å². The number of nitrogens with one attached hydrogen (secondary N) is 1. The highest BCUT2D eigenvalue weighted by Gasteiger charge is 2.60. The van der Waals surface area contributed by atoms with Gasteiger partial charge in [0.15, 0.2) is 0 Å². The van der Waals surface area contributed by atoms with Crippen molar-refractivity contribution in [2.75, 3.05) is 44.2 Å². The van der Waals surface area contributed by atoms with Gasteiger partial charge in [-0.15, -0.1) is 0 Å². The molecule has 37 heavy (non-hydrogen) atoms. The SMILES string of the molecule is O=C(NCCc1ccccc1)[C@@]1(c2ccccc2)C[C@H]1CN1CCN(c2cccc(C(F)(F)F)c2)CC1. The van der Waals surface area contributed by atoms with Crippen LogP contribution in [0.4, 0.5) is 18.9 Å². The Labute approximate surface area is 216 Å². The maximum atomic E-state index is 13.5. The van der Waals surface area contributed by atoms with E-state index in [0.717, 1.165) is 44.1 Å². The van der Waals surface area contributed by atoms with Crippen LogP contribution in [0.5, 0.6) is 0 Å². The van der Waals surface area contributed by atoms with E-state index < -0.39 is 17.2 Å². The van der Waals surface area contributed by atoms with Crippen LogP contribution in [0.15, 0.2) is 84.9 Å². The third-order valence-corrected chi connectivity index (χ3v) is 7.73. The zero-order valence-electron chi connectivity index (χ0n) is 20.8. The first kappa shape index (κ1) is 25.3. The number of hydrogen-bond acceptors (Lipinski definition) is 3. The van der Waals surface area contributed by atoms with Crippen LogP contribution in [0.2, 0.25) is 0 Å². The van der Waals surface area contributed by atoms with Crippen molar-refractivity contribution in [3.05, 3.63) is 102 Å². The van der Waals surface area contributed by atoms with E-state index in [9.17, 15) is 18.0 Å². The maximum absolute atomic E-state index is 13.5. The van der Waals surface area contributed by atoms with Gasteiger partial charge in [-0.2, -0.15) is 13.2 Å². The Kier molecular flexibility index (Phi) is 7.24. The molecule has 0 unspecified atom stereocenters. The lowest BCUT2D eigenvalue weighted by molar-refractivity contribution is -0.137. The lowest BCUT2D eigenvalue weighted by atomic mass is 9.91. The smallest absolute Gasteiger partial charge is 0.369 e. The second-order valence-corrected chi connectivity index (χ2v) is 10.1. The van der Waals surface area contributed by atoms with Crippen LogP contribution >= 0.6 is 0 Å². The standard InChI is InChI=1S/C30H32F3N3O/c31-30(32,33)25-12-7-13-27(20-25)36-18-16-35(17-19-36)22-26-21-29(26,24-10-5-2-6-11-24)28(37)34-15-14-23-8-3-1-4-9-23/h1-13,20,26H,14-19,21-22H2,(H,34,37)/t26-,29+/m0/s1. The molecule has 3 aromatic carbocycles. The highest BCUT2D eigenvalue weighted by Crippen LogP contribution is 2.55. The summed E-state index contributed by atoms with van der Waals surface area (Å²) in [6.07, 6.45) is -2.74. The summed E-state index contributed by atoms with van der Waals surface area (Å²) >= 11 is 0. The molecule has 7 heteroatoms. The van der Waals surface area contributed by atoms with E-state index in [1.54, 1.807) is 6.07 Å². The third-order valence-electron chi connectivity index (χ3n) is 7.73. The van der Waals surface area contributed by atoms with Gasteiger partial charge in [0.25, 0.3) is 0 Å². The van der Waals surface area contributed by atoms with Crippen molar-refractivity contribution in [1.29, 1.82) is 0 Å². The number of carbonyl (C=O) groups excluding carboxylic acids is 1. The molecule has 0 spiro atoms. The van der Waals surface area contributed by atoms with Crippen LogP contribution in [0.25, 0.3) is 0 Å². The number of rotatable bonds is 8. The lowest BCUT2D eigenvalue weighted by Gasteiger charge is -2.36. The van der Waals surface area contributed by atoms with Crippen molar-refractivity contribution in [1.82, 2.24) is 10.2 Å². The molecule has 2 aliphatic rings. The van der Waals surface area contributed by atoms with Crippen LogP contribution in [-0.4, -0.2) is 50.1 Å². The van der Waals surface area contributed by atoms with Gasteiger partial charge in [0.1, 0.15) is 0 Å². The summed E-state index contributed by atoms with van der Waals surface area (Å²) in [5.74, 6) is 0.300. The zero-order chi connectivity index (χ0) is 25.9. The molecule has 1 aliphatic heterocycles. The van der Waals surface area contributed by atoms with E-state index in [-0.39, 0.29) is 11.8 Å². The molecule has 0 bridgehead atoms. The summed E-state index contributed by atoms with van der Waals surface area (Å²) in [6.45, 7) is 4.24. The fraction of sp³-hybridized carbons (Fsp3) is 0.367. The fourth-order valence-electron chi connectivity index (χ4n) is 5.55. The van der Waals surface area contributed by atoms with Crippen LogP contribution in [0.1, 0.15) is 23.1 Å². The Balaban J connectivity index is 1.20. The number of piperazine rings is 1. The van der Waals surface area contributed by atoms with Crippen molar-refractivity contribution in [2.45, 2.75) is 24.4 Å². The van der Waals surface area contributed by atoms with Crippen molar-refractivity contribution < 1.29 is 18.0 Å². The Morgan fingerprint density at radius 3 is 2.24 bits per heavy atom. The summed E-state index contributed by atoms with van der Waals surface area (Å²) in [7, 11) is 0. The first-order valence-electron chi connectivity index (χ1n) is 12.9. The van der Waals surface area contributed by atoms with E-state index in [0.29, 0.717) is 25.3 Å². The second kappa shape index (κ2) is 10.6. The number of amides is 1. The minimum atomic E-state index is -4.34. The molecule has 5 rings (SSSR count). The average Bonchev–Trinajstić information content (AvgIpc) is 3.64. The van der Waals surface area contributed by atoms with Crippen molar-refractivity contribution in [3.63, 3.8) is 0 Å². The zero-order valence-corrected chi connectivity index (χ0v) is 20.8. The molecule has 194 valence electrons. The van der Waals surface area contributed by atoms with Crippen LogP contribution in [0, 0.1) is 5.92 Å². The summed E-state index contributed by atoms with van der Waals surface area (Å²) in [5.41, 5.74) is 1.73. The van der Waals surface area contributed by atoms with Gasteiger partial charge in [0, 0.05) is 45.0 Å². The number of hydrogen-bond donors (Lipinski definition) is 1. The predicted molar refractivity (Wildman–Crippen MR) is 139 cm³/mol. The highest BCUT2D eigenvalue weighted by molar-refractivity contribution is 5.92. The Bertz CT molecular complexity index is 1190. The van der Waals surface area contributed by atoms with E-state index in [2.05, 4.69) is 22.3 Å². The monoisotopic (exact) mass is 507 g/mol. The third kappa shape index (κ3) is 5.67. The van der Waals surface area contributed by atoms with Crippen molar-refractivity contribution in [2.24, 2.45) is 5.92 Å². The van der Waals surface area contributed by atoms with Crippen LogP contribution in [0.3, 0.4) is 0 Å². The number of anilines is 1. The quantitative estimate of drug-likeness (QED) is 0.459. The largest absolute Gasteiger partial charge is 0.416 e. The molecule has 2 fully saturated rings. The predicted octanol–water partition coefficient (Wildman–Crippen LogP) is 5.14. The van der Waals surface area contributed by atoms with Gasteiger partial charge >= 0.3 is 6.18 Å². The minimum Gasteiger partial charge on any atom is -0.369 e. The second-order valence-electron chi connectivity index (χ2n) is 10.1. The van der Waals surface area contributed by atoms with Crippen molar-refractivity contribution >= 4 is 11.6 Å². The summed E-state index contributed by atoms with van der Waals surface area (Å²) < 4.78 is 39.4. The molecule has 4 nitrogen and oxygen atoms in total. The average molecular weight is 508 g/mol. The molecule has 1 saturated heterocycles. The van der Waals surface area contributed by atoms with Gasteiger partial charge < -0.3 is 10.2 Å². The molecular formula is C30H32F3N3O. The van der Waals surface area contributed by atoms with E-state index in [1.807, 2.05) is 53.4 Å². The van der Waals surface area contributed by atoms with E-state index in [1.165, 1.54) is 17.7 Å². The molecule has 1 amide bonds. The van der Waals surface area contributed by atoms with Gasteiger partial charge in [0.05, 0.1) is 11.0 Å². The van der Waals surface area contributed by atoms with Gasteiger partial charge in [-0.1, -0.05) is 66.7 Å². The number of benzene rings is 3. The van der Waals surface area contributed by atoms with E-state index in [4.69, 9.17) is 0 Å². The lowest BCUT2D eigenvalue weighted by Crippen LogP contribution is -2.48. The summed E-state index contributed by atoms with van der Waals surface area (Å²) in [6, 6.07) is 25.7. The van der Waals surface area contributed by atoms with Crippen molar-refractivity contribution in [3.8, 4) is 0 Å². The maximum Gasteiger partial charge on any atom is 0.416 e. The number of nitrogens with zero attached hydrogens (tertiary/aromatic N) is 2. The first-order valence-corrected chi connectivity index (χ1v) is 12.9. The minimum absolute atomic E-state index is 0.0854. The van der Waals surface area contributed by atoms with Crippen LogP contribution in [-0.2, 0) is 22.8 Å². The van der Waals surface area contributed by atoms with Gasteiger partial charge in [-0.25, -0.2) is 0 Å². The Morgan fingerprint density at radius 2 is 1.57 bits per heavy atom. The fourth-order valence-corrected chi connectivity index (χ4v) is 5.55. The van der Waals surface area contributed by atoms with Gasteiger partial charge in [-0.05, 0) is 48.1 Å².